The fourth-order valence-electron chi connectivity index (χ4n) is 2.71. The first-order chi connectivity index (χ1) is 12.2. The van der Waals surface area contributed by atoms with Crippen molar-refractivity contribution in [3.63, 3.8) is 0 Å². The van der Waals surface area contributed by atoms with E-state index in [0.717, 1.165) is 0 Å². The maximum absolute atomic E-state index is 13.5. The van der Waals surface area contributed by atoms with E-state index in [1.54, 1.807) is 35.4 Å². The molecule has 1 amide bonds. The van der Waals surface area contributed by atoms with Gasteiger partial charge in [0.15, 0.2) is 17.3 Å². The summed E-state index contributed by atoms with van der Waals surface area (Å²) in [5.41, 5.74) is 0.932. The lowest BCUT2D eigenvalue weighted by atomic mass is 10.1. The number of hydrogen-bond acceptors (Lipinski definition) is 4. The second-order valence-corrected chi connectivity index (χ2v) is 5.85. The molecule has 7 nitrogen and oxygen atoms in total. The zero-order chi connectivity index (χ0) is 17.2. The van der Waals surface area contributed by atoms with Crippen LogP contribution >= 0.6 is 0 Å². The van der Waals surface area contributed by atoms with E-state index < -0.39 is 5.82 Å². The van der Waals surface area contributed by atoms with E-state index in [1.165, 1.54) is 6.07 Å². The lowest BCUT2D eigenvalue weighted by molar-refractivity contribution is 0.0495. The fraction of sp³-hybridized carbons (Fsp3) is 0.235. The van der Waals surface area contributed by atoms with Crippen molar-refractivity contribution >= 4 is 5.91 Å². The number of halogens is 1. The minimum Gasteiger partial charge on any atom is -0.484 e. The summed E-state index contributed by atoms with van der Waals surface area (Å²) in [6.07, 6.45) is 3.61. The number of carbonyl (C=O) groups is 1. The summed E-state index contributed by atoms with van der Waals surface area (Å²) in [6, 6.07) is 9.87. The maximum Gasteiger partial charge on any atom is 0.274 e. The predicted molar refractivity (Wildman–Crippen MR) is 86.5 cm³/mol. The average Bonchev–Trinajstić information content (AvgIpc) is 3.24. The van der Waals surface area contributed by atoms with Gasteiger partial charge in [-0.1, -0.05) is 12.1 Å². The Morgan fingerprint density at radius 2 is 2.16 bits per heavy atom. The minimum atomic E-state index is -0.427. The molecule has 2 aromatic heterocycles. The summed E-state index contributed by atoms with van der Waals surface area (Å²) >= 11 is 0. The van der Waals surface area contributed by atoms with Gasteiger partial charge < -0.3 is 9.64 Å². The average molecular weight is 341 g/mol. The normalized spacial score (nSPS) is 14.4. The van der Waals surface area contributed by atoms with Crippen molar-refractivity contribution in [3.8, 4) is 5.75 Å². The van der Waals surface area contributed by atoms with Crippen LogP contribution in [0.25, 0.3) is 0 Å². The van der Waals surface area contributed by atoms with Crippen LogP contribution in [0.2, 0.25) is 0 Å². The smallest absolute Gasteiger partial charge is 0.274 e. The van der Waals surface area contributed by atoms with Gasteiger partial charge >= 0.3 is 0 Å². The molecule has 25 heavy (non-hydrogen) atoms. The molecular weight excluding hydrogens is 325 g/mol. The number of hydrogen-bond donors (Lipinski definition) is 1. The number of amides is 1. The van der Waals surface area contributed by atoms with Crippen LogP contribution in [0.15, 0.2) is 48.8 Å². The van der Waals surface area contributed by atoms with Crippen molar-refractivity contribution in [2.45, 2.75) is 12.6 Å². The predicted octanol–water partition coefficient (Wildman–Crippen LogP) is 2.02. The highest BCUT2D eigenvalue weighted by Crippen LogP contribution is 2.22. The monoisotopic (exact) mass is 341 g/mol. The van der Waals surface area contributed by atoms with E-state index in [1.807, 2.05) is 16.9 Å². The van der Waals surface area contributed by atoms with Crippen molar-refractivity contribution in [2.75, 3.05) is 13.1 Å². The number of nitrogens with zero attached hydrogens (tertiary/aromatic N) is 4. The molecule has 4 rings (SSSR count). The molecular formula is C17H16FN5O2. The summed E-state index contributed by atoms with van der Waals surface area (Å²) < 4.78 is 20.8. The van der Waals surface area contributed by atoms with Crippen LogP contribution in [0.1, 0.15) is 22.2 Å². The third-order valence-electron chi connectivity index (χ3n) is 4.12. The van der Waals surface area contributed by atoms with Crippen LogP contribution in [0.3, 0.4) is 0 Å². The molecule has 0 unspecified atom stereocenters. The van der Waals surface area contributed by atoms with E-state index in [9.17, 15) is 9.18 Å². The van der Waals surface area contributed by atoms with Gasteiger partial charge in [0.2, 0.25) is 0 Å². The van der Waals surface area contributed by atoms with Crippen LogP contribution < -0.4 is 4.74 Å². The maximum atomic E-state index is 13.5. The topological polar surface area (TPSA) is 76.0 Å². The first kappa shape index (κ1) is 15.4. The molecule has 1 N–H and O–H groups in total. The Morgan fingerprint density at radius 1 is 1.32 bits per heavy atom. The zero-order valence-corrected chi connectivity index (χ0v) is 13.3. The summed E-state index contributed by atoms with van der Waals surface area (Å²) in [7, 11) is 0. The Morgan fingerprint density at radius 3 is 2.92 bits per heavy atom. The molecule has 1 aliphatic heterocycles. The van der Waals surface area contributed by atoms with Crippen LogP contribution in [-0.4, -0.2) is 43.9 Å². The standard InChI is InChI=1S/C17H16FN5O2/c18-14-4-1-2-5-16(14)25-11-12-8-15(21-20-12)17(24)22-9-13(10-22)23-7-3-6-19-23/h1-8,13H,9-11H2,(H,20,21). The van der Waals surface area contributed by atoms with Crippen molar-refractivity contribution in [1.82, 2.24) is 24.9 Å². The number of aromatic amines is 1. The lowest BCUT2D eigenvalue weighted by Gasteiger charge is -2.38. The van der Waals surface area contributed by atoms with Crippen LogP contribution in [-0.2, 0) is 6.61 Å². The van der Waals surface area contributed by atoms with Crippen molar-refractivity contribution < 1.29 is 13.9 Å². The second kappa shape index (κ2) is 6.39. The minimum absolute atomic E-state index is 0.108. The SMILES string of the molecule is O=C(c1cc(COc2ccccc2F)[nH]n1)N1CC(n2cccn2)C1. The largest absolute Gasteiger partial charge is 0.484 e. The second-order valence-electron chi connectivity index (χ2n) is 5.85. The number of likely N-dealkylation sites (tertiary alicyclic amines) is 1. The third-order valence-corrected chi connectivity index (χ3v) is 4.12. The molecule has 1 fully saturated rings. The Bertz CT molecular complexity index is 871. The molecule has 0 bridgehead atoms. The third kappa shape index (κ3) is 3.10. The number of aromatic nitrogens is 4. The van der Waals surface area contributed by atoms with Gasteiger partial charge in [-0.3, -0.25) is 14.6 Å². The van der Waals surface area contributed by atoms with Crippen molar-refractivity contribution in [3.05, 3.63) is 66.0 Å². The summed E-state index contributed by atoms with van der Waals surface area (Å²) in [5.74, 6) is -0.407. The number of benzene rings is 1. The van der Waals surface area contributed by atoms with Gasteiger partial charge in [-0.2, -0.15) is 10.2 Å². The summed E-state index contributed by atoms with van der Waals surface area (Å²) in [6.45, 7) is 1.32. The summed E-state index contributed by atoms with van der Waals surface area (Å²) in [4.78, 5) is 14.1. The molecule has 0 saturated carbocycles. The number of ether oxygens (including phenoxy) is 1. The molecule has 3 aromatic rings. The fourth-order valence-corrected chi connectivity index (χ4v) is 2.71. The zero-order valence-electron chi connectivity index (χ0n) is 13.3. The molecule has 1 saturated heterocycles. The Labute approximate surface area is 143 Å². The Hall–Kier alpha value is -3.16. The molecule has 0 aliphatic carbocycles. The van der Waals surface area contributed by atoms with E-state index in [0.29, 0.717) is 24.5 Å². The highest BCUT2D eigenvalue weighted by Gasteiger charge is 2.33. The molecule has 1 aromatic carbocycles. The molecule has 128 valence electrons. The Kier molecular flexibility index (Phi) is 3.93. The molecule has 0 atom stereocenters. The van der Waals surface area contributed by atoms with Gasteiger partial charge in [-0.25, -0.2) is 4.39 Å². The van der Waals surface area contributed by atoms with Gasteiger partial charge in [0.25, 0.3) is 5.91 Å². The number of H-pyrrole nitrogens is 1. The molecule has 3 heterocycles. The number of carbonyl (C=O) groups excluding carboxylic acids is 1. The van der Waals surface area contributed by atoms with E-state index in [2.05, 4.69) is 15.3 Å². The number of rotatable bonds is 5. The van der Waals surface area contributed by atoms with Gasteiger partial charge in [0.05, 0.1) is 11.7 Å². The quantitative estimate of drug-likeness (QED) is 0.770. The van der Waals surface area contributed by atoms with E-state index in [4.69, 9.17) is 4.74 Å². The van der Waals surface area contributed by atoms with Crippen LogP contribution in [0.5, 0.6) is 5.75 Å². The highest BCUT2D eigenvalue weighted by molar-refractivity contribution is 5.93. The number of para-hydroxylation sites is 1. The van der Waals surface area contributed by atoms with Crippen molar-refractivity contribution in [2.24, 2.45) is 0 Å². The molecule has 0 radical (unpaired) electrons. The Balaban J connectivity index is 1.34. The van der Waals surface area contributed by atoms with E-state index in [-0.39, 0.29) is 24.3 Å². The van der Waals surface area contributed by atoms with Gasteiger partial charge in [0, 0.05) is 25.5 Å². The first-order valence-electron chi connectivity index (χ1n) is 7.91. The molecule has 1 aliphatic rings. The van der Waals surface area contributed by atoms with Crippen molar-refractivity contribution in [1.29, 1.82) is 0 Å². The van der Waals surface area contributed by atoms with Crippen LogP contribution in [0, 0.1) is 5.82 Å². The summed E-state index contributed by atoms with van der Waals surface area (Å²) in [5, 5.41) is 11.0. The molecule has 0 spiro atoms. The van der Waals surface area contributed by atoms with Gasteiger partial charge in [0.1, 0.15) is 6.61 Å². The lowest BCUT2D eigenvalue weighted by Crippen LogP contribution is -2.50. The van der Waals surface area contributed by atoms with Gasteiger partial charge in [-0.15, -0.1) is 0 Å². The number of nitrogens with one attached hydrogen (secondary N) is 1. The first-order valence-corrected chi connectivity index (χ1v) is 7.91. The van der Waals surface area contributed by atoms with Crippen LogP contribution in [0.4, 0.5) is 4.39 Å². The molecule has 8 heteroatoms. The highest BCUT2D eigenvalue weighted by atomic mass is 19.1. The van der Waals surface area contributed by atoms with Gasteiger partial charge in [-0.05, 0) is 24.3 Å². The van der Waals surface area contributed by atoms with E-state index >= 15 is 0 Å².